The van der Waals surface area contributed by atoms with Crippen molar-refractivity contribution in [3.63, 3.8) is 0 Å². The van der Waals surface area contributed by atoms with Crippen molar-refractivity contribution in [1.82, 2.24) is 15.2 Å². The zero-order valence-corrected chi connectivity index (χ0v) is 10.8. The Hall–Kier alpha value is -2.35. The summed E-state index contributed by atoms with van der Waals surface area (Å²) in [5.74, 6) is -1.53. The molecule has 0 amide bonds. The highest BCUT2D eigenvalue weighted by Crippen LogP contribution is 2.24. The van der Waals surface area contributed by atoms with Gasteiger partial charge in [0.05, 0.1) is 12.2 Å². The maximum atomic E-state index is 11.3. The molecule has 2 aromatic rings. The van der Waals surface area contributed by atoms with Gasteiger partial charge in [-0.2, -0.15) is 10.2 Å². The van der Waals surface area contributed by atoms with Crippen LogP contribution in [0.5, 0.6) is 0 Å². The standard InChI is InChI=1S/C11H10N4O3S/c1-6(16)9-8(10(17)18)14-11(19-9)12-5-7-3-2-4-13-15-7/h2-4H,5H2,1H3,(H,12,14)(H,17,18). The summed E-state index contributed by atoms with van der Waals surface area (Å²) < 4.78 is 0. The molecular formula is C11H10N4O3S. The third-order valence-electron chi connectivity index (χ3n) is 2.20. The molecule has 2 aromatic heterocycles. The summed E-state index contributed by atoms with van der Waals surface area (Å²) in [6.07, 6.45) is 1.56. The maximum absolute atomic E-state index is 11.3. The van der Waals surface area contributed by atoms with Crippen molar-refractivity contribution in [3.8, 4) is 0 Å². The highest BCUT2D eigenvalue weighted by molar-refractivity contribution is 7.17. The van der Waals surface area contributed by atoms with Crippen molar-refractivity contribution in [2.45, 2.75) is 13.5 Å². The van der Waals surface area contributed by atoms with E-state index in [1.807, 2.05) is 0 Å². The van der Waals surface area contributed by atoms with E-state index in [9.17, 15) is 9.59 Å². The second-order valence-electron chi connectivity index (χ2n) is 3.63. The van der Waals surface area contributed by atoms with Crippen LogP contribution in [0.25, 0.3) is 0 Å². The monoisotopic (exact) mass is 278 g/mol. The van der Waals surface area contributed by atoms with E-state index in [0.29, 0.717) is 17.4 Å². The first kappa shape index (κ1) is 13.1. The Labute approximate surface area is 112 Å². The van der Waals surface area contributed by atoms with E-state index >= 15 is 0 Å². The molecule has 98 valence electrons. The Morgan fingerprint density at radius 2 is 2.26 bits per heavy atom. The minimum absolute atomic E-state index is 0.133. The topological polar surface area (TPSA) is 105 Å². The second-order valence-corrected chi connectivity index (χ2v) is 4.63. The number of Topliss-reactive ketones (excluding diaryl/α,β-unsaturated/α-hetero) is 1. The molecule has 0 aliphatic heterocycles. The second kappa shape index (κ2) is 5.53. The molecule has 19 heavy (non-hydrogen) atoms. The third-order valence-corrected chi connectivity index (χ3v) is 3.31. The summed E-state index contributed by atoms with van der Waals surface area (Å²) in [5, 5.41) is 19.8. The highest BCUT2D eigenvalue weighted by atomic mass is 32.1. The van der Waals surface area contributed by atoms with Gasteiger partial charge in [-0.15, -0.1) is 0 Å². The zero-order valence-electron chi connectivity index (χ0n) is 9.95. The Balaban J connectivity index is 2.15. The van der Waals surface area contributed by atoms with E-state index in [1.165, 1.54) is 6.92 Å². The number of anilines is 1. The van der Waals surface area contributed by atoms with Gasteiger partial charge in [-0.25, -0.2) is 9.78 Å². The minimum atomic E-state index is -1.21. The highest BCUT2D eigenvalue weighted by Gasteiger charge is 2.20. The lowest BCUT2D eigenvalue weighted by Crippen LogP contribution is -2.05. The molecule has 2 rings (SSSR count). The van der Waals surface area contributed by atoms with Crippen molar-refractivity contribution in [2.75, 3.05) is 5.32 Å². The predicted octanol–water partition coefficient (Wildman–Crippen LogP) is 1.45. The maximum Gasteiger partial charge on any atom is 0.356 e. The van der Waals surface area contributed by atoms with E-state index in [-0.39, 0.29) is 16.4 Å². The summed E-state index contributed by atoms with van der Waals surface area (Å²) in [6.45, 7) is 1.67. The van der Waals surface area contributed by atoms with Gasteiger partial charge in [0, 0.05) is 13.1 Å². The first-order valence-corrected chi connectivity index (χ1v) is 6.15. The third kappa shape index (κ3) is 3.10. The van der Waals surface area contributed by atoms with Crippen LogP contribution in [0.2, 0.25) is 0 Å². The van der Waals surface area contributed by atoms with Crippen molar-refractivity contribution < 1.29 is 14.7 Å². The average molecular weight is 278 g/mol. The van der Waals surface area contributed by atoms with Gasteiger partial charge in [0.2, 0.25) is 0 Å². The van der Waals surface area contributed by atoms with Gasteiger partial charge < -0.3 is 10.4 Å². The number of nitrogens with zero attached hydrogens (tertiary/aromatic N) is 3. The minimum Gasteiger partial charge on any atom is -0.476 e. The fourth-order valence-corrected chi connectivity index (χ4v) is 2.22. The van der Waals surface area contributed by atoms with E-state index in [1.54, 1.807) is 18.3 Å². The van der Waals surface area contributed by atoms with Crippen LogP contribution in [0.3, 0.4) is 0 Å². The van der Waals surface area contributed by atoms with E-state index < -0.39 is 5.97 Å². The molecule has 0 bridgehead atoms. The molecule has 0 aliphatic carbocycles. The number of carboxylic acids is 1. The SMILES string of the molecule is CC(=O)c1sc(NCc2cccnn2)nc1C(=O)O. The molecule has 0 radical (unpaired) electrons. The average Bonchev–Trinajstić information content (AvgIpc) is 2.82. The molecule has 8 heteroatoms. The number of hydrogen-bond acceptors (Lipinski definition) is 7. The molecule has 2 N–H and O–H groups in total. The molecule has 0 spiro atoms. The molecule has 0 atom stereocenters. The number of thiazole rings is 1. The molecule has 0 aromatic carbocycles. The molecule has 0 fully saturated rings. The molecule has 0 saturated carbocycles. The number of carbonyl (C=O) groups is 2. The van der Waals surface area contributed by atoms with Gasteiger partial charge in [-0.3, -0.25) is 4.79 Å². The molecule has 0 unspecified atom stereocenters. The summed E-state index contributed by atoms with van der Waals surface area (Å²) in [5.41, 5.74) is 0.470. The Bertz CT molecular complexity index is 580. The van der Waals surface area contributed by atoms with Crippen LogP contribution < -0.4 is 5.32 Å². The van der Waals surface area contributed by atoms with Crippen LogP contribution in [-0.2, 0) is 6.54 Å². The molecule has 0 aliphatic rings. The van der Waals surface area contributed by atoms with Crippen molar-refractivity contribution >= 4 is 28.2 Å². The molecule has 7 nitrogen and oxygen atoms in total. The van der Waals surface area contributed by atoms with Gasteiger partial charge in [-0.1, -0.05) is 11.3 Å². The largest absolute Gasteiger partial charge is 0.476 e. The smallest absolute Gasteiger partial charge is 0.356 e. The summed E-state index contributed by atoms with van der Waals surface area (Å²) in [4.78, 5) is 26.3. The number of hydrogen-bond donors (Lipinski definition) is 2. The molecule has 2 heterocycles. The van der Waals surface area contributed by atoms with Crippen LogP contribution in [0.4, 0.5) is 5.13 Å². The Morgan fingerprint density at radius 1 is 1.47 bits per heavy atom. The number of nitrogens with one attached hydrogen (secondary N) is 1. The van der Waals surface area contributed by atoms with Gasteiger partial charge >= 0.3 is 5.97 Å². The molecular weight excluding hydrogens is 268 g/mol. The fourth-order valence-electron chi connectivity index (χ4n) is 1.37. The van der Waals surface area contributed by atoms with Gasteiger partial charge in [0.15, 0.2) is 16.6 Å². The zero-order chi connectivity index (χ0) is 13.8. The van der Waals surface area contributed by atoms with Gasteiger partial charge in [-0.05, 0) is 12.1 Å². The first-order valence-electron chi connectivity index (χ1n) is 5.33. The number of aromatic carboxylic acids is 1. The Morgan fingerprint density at radius 3 is 2.79 bits per heavy atom. The van der Waals surface area contributed by atoms with Crippen LogP contribution in [0, 0.1) is 0 Å². The van der Waals surface area contributed by atoms with E-state index in [4.69, 9.17) is 5.11 Å². The van der Waals surface area contributed by atoms with Crippen LogP contribution in [-0.4, -0.2) is 32.0 Å². The van der Waals surface area contributed by atoms with E-state index in [0.717, 1.165) is 11.3 Å². The quantitative estimate of drug-likeness (QED) is 0.797. The van der Waals surface area contributed by atoms with Gasteiger partial charge in [0.1, 0.15) is 4.88 Å². The summed E-state index contributed by atoms with van der Waals surface area (Å²) >= 11 is 1.01. The normalized spacial score (nSPS) is 10.2. The summed E-state index contributed by atoms with van der Waals surface area (Å²) in [7, 11) is 0. The van der Waals surface area contributed by atoms with Crippen LogP contribution in [0.1, 0.15) is 32.8 Å². The number of carboxylic acid groups (broad SMARTS) is 1. The van der Waals surface area contributed by atoms with Gasteiger partial charge in [0.25, 0.3) is 0 Å². The predicted molar refractivity (Wildman–Crippen MR) is 68.4 cm³/mol. The summed E-state index contributed by atoms with van der Waals surface area (Å²) in [6, 6.07) is 3.52. The van der Waals surface area contributed by atoms with Crippen LogP contribution >= 0.6 is 11.3 Å². The van der Waals surface area contributed by atoms with Crippen molar-refractivity contribution in [2.24, 2.45) is 0 Å². The number of ketones is 1. The molecule has 0 saturated heterocycles. The van der Waals surface area contributed by atoms with E-state index in [2.05, 4.69) is 20.5 Å². The fraction of sp³-hybridized carbons (Fsp3) is 0.182. The van der Waals surface area contributed by atoms with Crippen LogP contribution in [0.15, 0.2) is 18.3 Å². The van der Waals surface area contributed by atoms with Crippen molar-refractivity contribution in [1.29, 1.82) is 0 Å². The number of rotatable bonds is 5. The number of aromatic nitrogens is 3. The lowest BCUT2D eigenvalue weighted by Gasteiger charge is -1.99. The number of carbonyl (C=O) groups excluding carboxylic acids is 1. The Kier molecular flexibility index (Phi) is 3.81. The van der Waals surface area contributed by atoms with Crippen molar-refractivity contribution in [3.05, 3.63) is 34.6 Å². The lowest BCUT2D eigenvalue weighted by atomic mass is 10.3. The lowest BCUT2D eigenvalue weighted by molar-refractivity contribution is 0.0687. The first-order chi connectivity index (χ1) is 9.08.